The van der Waals surface area contributed by atoms with Gasteiger partial charge in [0.25, 0.3) is 5.89 Å². The average Bonchev–Trinajstić information content (AvgIpc) is 3.37. The first-order valence-electron chi connectivity index (χ1n) is 10.1. The van der Waals surface area contributed by atoms with Crippen LogP contribution in [0.4, 0.5) is 10.5 Å². The lowest BCUT2D eigenvalue weighted by atomic mass is 9.83. The molecule has 1 aromatic carbocycles. The molecule has 0 spiro atoms. The maximum Gasteiger partial charge on any atom is 0.407 e. The number of hydrogen-bond donors (Lipinski definition) is 2. The molecule has 3 atom stereocenters. The van der Waals surface area contributed by atoms with E-state index in [0.717, 1.165) is 18.4 Å². The van der Waals surface area contributed by atoms with E-state index in [1.165, 1.54) is 12.7 Å². The molecule has 4 rings (SSSR count). The summed E-state index contributed by atoms with van der Waals surface area (Å²) in [5.74, 6) is 1.88. The van der Waals surface area contributed by atoms with E-state index < -0.39 is 6.09 Å². The van der Waals surface area contributed by atoms with Gasteiger partial charge in [-0.2, -0.15) is 4.98 Å². The van der Waals surface area contributed by atoms with Gasteiger partial charge in [0.2, 0.25) is 0 Å². The van der Waals surface area contributed by atoms with Crippen molar-refractivity contribution in [3.8, 4) is 17.2 Å². The third-order valence-electron chi connectivity index (χ3n) is 5.47. The lowest BCUT2D eigenvalue weighted by Crippen LogP contribution is -2.35. The highest BCUT2D eigenvalue weighted by atomic mass is 16.5. The topological polar surface area (TPSA) is 112 Å². The van der Waals surface area contributed by atoms with Gasteiger partial charge in [0.05, 0.1) is 24.9 Å². The second kappa shape index (κ2) is 8.22. The van der Waals surface area contributed by atoms with Gasteiger partial charge in [-0.3, -0.25) is 0 Å². The molecule has 1 amide bonds. The first kappa shape index (κ1) is 20.0. The predicted molar refractivity (Wildman–Crippen MR) is 112 cm³/mol. The molecular formula is C22H26N4O4. The fraction of sp³-hybridized carbons (Fsp3) is 0.409. The Kier molecular flexibility index (Phi) is 5.48. The van der Waals surface area contributed by atoms with Crippen LogP contribution in [-0.4, -0.2) is 35.5 Å². The summed E-state index contributed by atoms with van der Waals surface area (Å²) in [5.41, 5.74) is 8.55. The maximum atomic E-state index is 11.6. The molecule has 1 heterocycles. The molecule has 3 N–H and O–H groups in total. The number of allylic oxidation sites excluding steroid dienone is 3. The quantitative estimate of drug-likeness (QED) is 0.721. The number of anilines is 1. The maximum absolute atomic E-state index is 11.6. The molecule has 0 saturated heterocycles. The minimum absolute atomic E-state index is 0.00663. The summed E-state index contributed by atoms with van der Waals surface area (Å²) >= 11 is 0. The number of nitrogens with one attached hydrogen (secondary N) is 1. The van der Waals surface area contributed by atoms with Gasteiger partial charge < -0.3 is 25.0 Å². The third-order valence-corrected chi connectivity index (χ3v) is 5.47. The number of nitrogen functional groups attached to an aromatic ring is 1. The molecule has 8 nitrogen and oxygen atoms in total. The number of amides is 1. The Balaban J connectivity index is 1.52. The number of nitrogens with zero attached hydrogens (tertiary/aromatic N) is 2. The summed E-state index contributed by atoms with van der Waals surface area (Å²) in [6.45, 7) is 3.90. The summed E-state index contributed by atoms with van der Waals surface area (Å²) in [6.07, 6.45) is 7.52. The highest BCUT2D eigenvalue weighted by Crippen LogP contribution is 2.44. The van der Waals surface area contributed by atoms with Gasteiger partial charge in [-0.15, -0.1) is 0 Å². The van der Waals surface area contributed by atoms with Crippen LogP contribution in [0.3, 0.4) is 0 Å². The van der Waals surface area contributed by atoms with E-state index in [0.29, 0.717) is 23.2 Å². The van der Waals surface area contributed by atoms with E-state index in [4.69, 9.17) is 19.7 Å². The number of alkyl carbamates (subject to hydrolysis) is 1. The van der Waals surface area contributed by atoms with Crippen LogP contribution in [0.1, 0.15) is 38.4 Å². The van der Waals surface area contributed by atoms with Crippen LogP contribution in [0.15, 0.2) is 46.5 Å². The number of nitrogens with two attached hydrogens (primary N) is 1. The highest BCUT2D eigenvalue weighted by Gasteiger charge is 2.39. The van der Waals surface area contributed by atoms with Crippen LogP contribution >= 0.6 is 0 Å². The number of fused-ring (bicyclic) bond motifs is 1. The molecule has 8 heteroatoms. The van der Waals surface area contributed by atoms with Crippen molar-refractivity contribution < 1.29 is 18.8 Å². The van der Waals surface area contributed by atoms with Gasteiger partial charge >= 0.3 is 6.09 Å². The zero-order valence-electron chi connectivity index (χ0n) is 17.3. The molecule has 0 aliphatic heterocycles. The van der Waals surface area contributed by atoms with Crippen molar-refractivity contribution in [2.75, 3.05) is 12.8 Å². The van der Waals surface area contributed by atoms with Gasteiger partial charge in [0.1, 0.15) is 5.75 Å². The molecule has 30 heavy (non-hydrogen) atoms. The zero-order valence-corrected chi connectivity index (χ0v) is 17.3. The number of benzene rings is 1. The number of ether oxygens (including phenoxy) is 2. The Labute approximate surface area is 175 Å². The van der Waals surface area contributed by atoms with Crippen molar-refractivity contribution in [2.24, 2.45) is 5.92 Å². The monoisotopic (exact) mass is 410 g/mol. The standard InChI is InChI=1S/C22H26N4O4/c1-12(2)29-19-10-7-13(11-17(19)23)21-25-20(26-30-21)16-6-4-5-15-14(16)8-9-18(15)24-22(27)28-3/h4-7,10-12,14,16,18H,8-9,23H2,1-3H3,(H,24,27)/t14?,16?,18-/m0/s1. The first-order valence-corrected chi connectivity index (χ1v) is 10.1. The Hall–Kier alpha value is -3.29. The van der Waals surface area contributed by atoms with Gasteiger partial charge in [-0.05, 0) is 56.4 Å². The van der Waals surface area contributed by atoms with Crippen LogP contribution in [0.5, 0.6) is 5.75 Å². The second-order valence-corrected chi connectivity index (χ2v) is 7.83. The van der Waals surface area contributed by atoms with Gasteiger partial charge in [-0.1, -0.05) is 23.4 Å². The minimum atomic E-state index is -0.419. The summed E-state index contributed by atoms with van der Waals surface area (Å²) in [4.78, 5) is 16.3. The fourth-order valence-corrected chi connectivity index (χ4v) is 4.14. The molecular weight excluding hydrogens is 384 g/mol. The second-order valence-electron chi connectivity index (χ2n) is 7.83. The minimum Gasteiger partial charge on any atom is -0.489 e. The Bertz CT molecular complexity index is 995. The SMILES string of the molecule is COC(=O)N[C@H]1CCC2C1=CC=CC2c1noc(-c2ccc(OC(C)C)c(N)c2)n1. The van der Waals surface area contributed by atoms with Crippen LogP contribution in [0, 0.1) is 5.92 Å². The number of methoxy groups -OCH3 is 1. The zero-order chi connectivity index (χ0) is 21.3. The lowest BCUT2D eigenvalue weighted by molar-refractivity contribution is 0.168. The molecule has 1 saturated carbocycles. The molecule has 158 valence electrons. The molecule has 0 bridgehead atoms. The van der Waals surface area contributed by atoms with Crippen molar-refractivity contribution in [1.82, 2.24) is 15.5 Å². The summed E-state index contributed by atoms with van der Waals surface area (Å²) in [6, 6.07) is 5.42. The average molecular weight is 410 g/mol. The molecule has 1 fully saturated rings. The van der Waals surface area contributed by atoms with Crippen molar-refractivity contribution >= 4 is 11.8 Å². The van der Waals surface area contributed by atoms with Crippen LogP contribution < -0.4 is 15.8 Å². The molecule has 1 aromatic heterocycles. The van der Waals surface area contributed by atoms with E-state index in [1.54, 1.807) is 6.07 Å². The number of aromatic nitrogens is 2. The van der Waals surface area contributed by atoms with Crippen molar-refractivity contribution in [2.45, 2.75) is 44.8 Å². The van der Waals surface area contributed by atoms with Crippen molar-refractivity contribution in [3.63, 3.8) is 0 Å². The fourth-order valence-electron chi connectivity index (χ4n) is 4.14. The van der Waals surface area contributed by atoms with Crippen molar-refractivity contribution in [1.29, 1.82) is 0 Å². The van der Waals surface area contributed by atoms with E-state index in [1.807, 2.05) is 32.1 Å². The Morgan fingerprint density at radius 2 is 2.17 bits per heavy atom. The normalized spacial score (nSPS) is 22.5. The molecule has 2 aliphatic carbocycles. The van der Waals surface area contributed by atoms with E-state index in [2.05, 4.69) is 27.6 Å². The summed E-state index contributed by atoms with van der Waals surface area (Å²) in [7, 11) is 1.37. The smallest absolute Gasteiger partial charge is 0.407 e. The predicted octanol–water partition coefficient (Wildman–Crippen LogP) is 3.82. The number of carbonyl (C=O) groups excluding carboxylic acids is 1. The summed E-state index contributed by atoms with van der Waals surface area (Å²) in [5, 5.41) is 7.13. The molecule has 2 aromatic rings. The Morgan fingerprint density at radius 3 is 2.90 bits per heavy atom. The lowest BCUT2D eigenvalue weighted by Gasteiger charge is -2.24. The molecule has 2 aliphatic rings. The number of carbonyl (C=O) groups is 1. The highest BCUT2D eigenvalue weighted by molar-refractivity contribution is 5.68. The van der Waals surface area contributed by atoms with Crippen LogP contribution in [-0.2, 0) is 4.74 Å². The molecule has 2 unspecified atom stereocenters. The molecule has 0 radical (unpaired) electrons. The third kappa shape index (κ3) is 3.90. The van der Waals surface area contributed by atoms with Crippen molar-refractivity contribution in [3.05, 3.63) is 47.8 Å². The van der Waals surface area contributed by atoms with E-state index >= 15 is 0 Å². The van der Waals surface area contributed by atoms with Gasteiger partial charge in [0.15, 0.2) is 5.82 Å². The van der Waals surface area contributed by atoms with E-state index in [9.17, 15) is 4.79 Å². The number of hydrogen-bond acceptors (Lipinski definition) is 7. The summed E-state index contributed by atoms with van der Waals surface area (Å²) < 4.78 is 16.0. The Morgan fingerprint density at radius 1 is 1.33 bits per heavy atom. The first-order chi connectivity index (χ1) is 14.5. The largest absolute Gasteiger partial charge is 0.489 e. The number of rotatable bonds is 5. The van der Waals surface area contributed by atoms with Gasteiger partial charge in [-0.25, -0.2) is 4.79 Å². The van der Waals surface area contributed by atoms with E-state index in [-0.39, 0.29) is 24.0 Å². The van der Waals surface area contributed by atoms with Gasteiger partial charge in [0, 0.05) is 11.5 Å². The van der Waals surface area contributed by atoms with Crippen LogP contribution in [0.2, 0.25) is 0 Å². The van der Waals surface area contributed by atoms with Crippen LogP contribution in [0.25, 0.3) is 11.5 Å².